The Morgan fingerprint density at radius 3 is 1.55 bits per heavy atom. The predicted molar refractivity (Wildman–Crippen MR) is 84.8 cm³/mol. The molecule has 2 atom stereocenters. The summed E-state index contributed by atoms with van der Waals surface area (Å²) in [6, 6.07) is 8.39. The van der Waals surface area contributed by atoms with Gasteiger partial charge in [-0.1, -0.05) is 41.5 Å². The largest absolute Gasteiger partial charge is 0.373 e. The fourth-order valence-electron chi connectivity index (χ4n) is 2.12. The Bertz CT molecular complexity index is 437. The molecule has 20 heavy (non-hydrogen) atoms. The molecule has 2 unspecified atom stereocenters. The van der Waals surface area contributed by atoms with E-state index in [2.05, 4.69) is 64.1 Å². The fourth-order valence-corrected chi connectivity index (χ4v) is 2.12. The van der Waals surface area contributed by atoms with Gasteiger partial charge in [-0.15, -0.1) is 0 Å². The van der Waals surface area contributed by atoms with Gasteiger partial charge in [-0.05, 0) is 44.9 Å². The molecule has 1 aromatic carbocycles. The number of allylic oxidation sites excluding steroid dienone is 2. The first-order valence-electron chi connectivity index (χ1n) is 6.93. The SMILES string of the molecule is COC(C=C(C)C)c1cccc(C(C=C(C)C)OC)c1. The van der Waals surface area contributed by atoms with Crippen molar-refractivity contribution in [3.8, 4) is 0 Å². The van der Waals surface area contributed by atoms with Crippen molar-refractivity contribution in [2.24, 2.45) is 0 Å². The predicted octanol–water partition coefficient (Wildman–Crippen LogP) is 4.99. The second-order valence-electron chi connectivity index (χ2n) is 5.47. The lowest BCUT2D eigenvalue weighted by molar-refractivity contribution is 0.137. The first kappa shape index (κ1) is 16.7. The molecule has 0 aliphatic heterocycles. The van der Waals surface area contributed by atoms with Gasteiger partial charge in [-0.3, -0.25) is 0 Å². The van der Waals surface area contributed by atoms with Gasteiger partial charge >= 0.3 is 0 Å². The van der Waals surface area contributed by atoms with Crippen molar-refractivity contribution in [2.75, 3.05) is 14.2 Å². The smallest absolute Gasteiger partial charge is 0.100 e. The number of benzene rings is 1. The Morgan fingerprint density at radius 2 is 1.25 bits per heavy atom. The molecule has 0 fully saturated rings. The van der Waals surface area contributed by atoms with Gasteiger partial charge < -0.3 is 9.47 Å². The van der Waals surface area contributed by atoms with E-state index in [1.807, 2.05) is 0 Å². The van der Waals surface area contributed by atoms with Crippen molar-refractivity contribution >= 4 is 0 Å². The number of methoxy groups -OCH3 is 2. The maximum absolute atomic E-state index is 5.56. The van der Waals surface area contributed by atoms with E-state index in [9.17, 15) is 0 Å². The third-order valence-corrected chi connectivity index (χ3v) is 3.05. The molecule has 0 amide bonds. The Labute approximate surface area is 123 Å². The molecule has 0 N–H and O–H groups in total. The van der Waals surface area contributed by atoms with Crippen molar-refractivity contribution in [1.29, 1.82) is 0 Å². The molecule has 0 saturated heterocycles. The van der Waals surface area contributed by atoms with E-state index >= 15 is 0 Å². The van der Waals surface area contributed by atoms with Gasteiger partial charge in [0, 0.05) is 14.2 Å². The van der Waals surface area contributed by atoms with E-state index in [0.29, 0.717) is 0 Å². The minimum atomic E-state index is -0.0100. The lowest BCUT2D eigenvalue weighted by atomic mass is 10.0. The van der Waals surface area contributed by atoms with Crippen LogP contribution in [-0.2, 0) is 9.47 Å². The zero-order valence-corrected chi connectivity index (χ0v) is 13.4. The first-order chi connectivity index (χ1) is 9.47. The Kier molecular flexibility index (Phi) is 6.69. The summed E-state index contributed by atoms with van der Waals surface area (Å²) in [4.78, 5) is 0. The molecule has 1 aromatic rings. The average molecular weight is 274 g/mol. The van der Waals surface area contributed by atoms with Crippen molar-refractivity contribution in [1.82, 2.24) is 0 Å². The maximum atomic E-state index is 5.56. The normalized spacial score (nSPS) is 13.5. The molecular weight excluding hydrogens is 248 g/mol. The topological polar surface area (TPSA) is 18.5 Å². The average Bonchev–Trinajstić information content (AvgIpc) is 2.41. The van der Waals surface area contributed by atoms with Crippen molar-refractivity contribution in [3.05, 3.63) is 58.7 Å². The minimum absolute atomic E-state index is 0.0100. The lowest BCUT2D eigenvalue weighted by Gasteiger charge is -2.17. The van der Waals surface area contributed by atoms with Crippen LogP contribution >= 0.6 is 0 Å². The van der Waals surface area contributed by atoms with Gasteiger partial charge in [0.05, 0.1) is 0 Å². The standard InChI is InChI=1S/C18H26O2/c1-13(2)10-17(19-5)15-8-7-9-16(12-15)18(20-6)11-14(3)4/h7-12,17-18H,1-6H3. The third-order valence-electron chi connectivity index (χ3n) is 3.05. The van der Waals surface area contributed by atoms with E-state index in [-0.39, 0.29) is 12.2 Å². The minimum Gasteiger partial charge on any atom is -0.373 e. The number of rotatable bonds is 6. The van der Waals surface area contributed by atoms with Crippen LogP contribution in [0.2, 0.25) is 0 Å². The molecule has 0 saturated carbocycles. The summed E-state index contributed by atoms with van der Waals surface area (Å²) in [6.07, 6.45) is 4.23. The molecule has 110 valence electrons. The van der Waals surface area contributed by atoms with Gasteiger partial charge in [0.25, 0.3) is 0 Å². The highest BCUT2D eigenvalue weighted by Gasteiger charge is 2.12. The summed E-state index contributed by atoms with van der Waals surface area (Å²) in [5.41, 5.74) is 4.79. The van der Waals surface area contributed by atoms with Crippen molar-refractivity contribution in [2.45, 2.75) is 39.9 Å². The van der Waals surface area contributed by atoms with Crippen LogP contribution in [0.15, 0.2) is 47.6 Å². The molecular formula is C18H26O2. The van der Waals surface area contributed by atoms with Crippen LogP contribution in [0.5, 0.6) is 0 Å². The van der Waals surface area contributed by atoms with E-state index in [0.717, 1.165) is 11.1 Å². The quantitative estimate of drug-likeness (QED) is 0.680. The molecule has 0 aromatic heterocycles. The van der Waals surface area contributed by atoms with Gasteiger partial charge in [0.15, 0.2) is 0 Å². The molecule has 0 radical (unpaired) electrons. The fraction of sp³-hybridized carbons (Fsp3) is 0.444. The molecule has 0 bridgehead atoms. The van der Waals surface area contributed by atoms with Crippen LogP contribution in [0.25, 0.3) is 0 Å². The Hall–Kier alpha value is -1.38. The third kappa shape index (κ3) is 4.95. The summed E-state index contributed by atoms with van der Waals surface area (Å²) in [5, 5.41) is 0. The van der Waals surface area contributed by atoms with E-state index < -0.39 is 0 Å². The second kappa shape index (κ2) is 8.03. The van der Waals surface area contributed by atoms with Crippen molar-refractivity contribution < 1.29 is 9.47 Å². The summed E-state index contributed by atoms with van der Waals surface area (Å²) in [6.45, 7) is 8.32. The summed E-state index contributed by atoms with van der Waals surface area (Å²) < 4.78 is 11.1. The van der Waals surface area contributed by atoms with Gasteiger partial charge in [-0.2, -0.15) is 0 Å². The number of ether oxygens (including phenoxy) is 2. The van der Waals surface area contributed by atoms with Crippen LogP contribution in [0, 0.1) is 0 Å². The highest BCUT2D eigenvalue weighted by molar-refractivity contribution is 5.31. The lowest BCUT2D eigenvalue weighted by Crippen LogP contribution is -2.03. The number of hydrogen-bond acceptors (Lipinski definition) is 2. The maximum Gasteiger partial charge on any atom is 0.100 e. The van der Waals surface area contributed by atoms with E-state index in [1.165, 1.54) is 11.1 Å². The van der Waals surface area contributed by atoms with E-state index in [1.54, 1.807) is 14.2 Å². The summed E-state index contributed by atoms with van der Waals surface area (Å²) in [7, 11) is 3.47. The zero-order valence-electron chi connectivity index (χ0n) is 13.4. The molecule has 0 heterocycles. The monoisotopic (exact) mass is 274 g/mol. The van der Waals surface area contributed by atoms with Gasteiger partial charge in [0.1, 0.15) is 12.2 Å². The highest BCUT2D eigenvalue weighted by Crippen LogP contribution is 2.26. The van der Waals surface area contributed by atoms with Crippen LogP contribution < -0.4 is 0 Å². The molecule has 0 spiro atoms. The number of hydrogen-bond donors (Lipinski definition) is 0. The molecule has 0 aliphatic carbocycles. The van der Waals surface area contributed by atoms with Crippen LogP contribution in [0.4, 0.5) is 0 Å². The zero-order chi connectivity index (χ0) is 15.1. The first-order valence-corrected chi connectivity index (χ1v) is 6.93. The molecule has 2 nitrogen and oxygen atoms in total. The summed E-state index contributed by atoms with van der Waals surface area (Å²) >= 11 is 0. The molecule has 2 heteroatoms. The van der Waals surface area contributed by atoms with Gasteiger partial charge in [0.2, 0.25) is 0 Å². The molecule has 1 rings (SSSR count). The summed E-state index contributed by atoms with van der Waals surface area (Å²) in [5.74, 6) is 0. The Morgan fingerprint density at radius 1 is 0.850 bits per heavy atom. The van der Waals surface area contributed by atoms with Crippen LogP contribution in [-0.4, -0.2) is 14.2 Å². The Balaban J connectivity index is 3.11. The van der Waals surface area contributed by atoms with E-state index in [4.69, 9.17) is 9.47 Å². The molecule has 0 aliphatic rings. The second-order valence-corrected chi connectivity index (χ2v) is 5.47. The van der Waals surface area contributed by atoms with Crippen molar-refractivity contribution in [3.63, 3.8) is 0 Å². The highest BCUT2D eigenvalue weighted by atomic mass is 16.5. The van der Waals surface area contributed by atoms with Gasteiger partial charge in [-0.25, -0.2) is 0 Å². The van der Waals surface area contributed by atoms with Crippen LogP contribution in [0.1, 0.15) is 51.0 Å². The van der Waals surface area contributed by atoms with Crippen LogP contribution in [0.3, 0.4) is 0 Å².